The van der Waals surface area contributed by atoms with Gasteiger partial charge in [0.2, 0.25) is 65.0 Å². The van der Waals surface area contributed by atoms with Crippen molar-refractivity contribution in [2.75, 3.05) is 55.9 Å². The molecule has 24 nitrogen and oxygen atoms in total. The normalized spacial score (nSPS) is 27.3. The Kier molecular flexibility index (Phi) is 32.4. The first-order chi connectivity index (χ1) is 40.1. The Morgan fingerprint density at radius 3 is 1.31 bits per heavy atom. The summed E-state index contributed by atoms with van der Waals surface area (Å²) in [5.74, 6) is -10.6. The molecule has 1 saturated heterocycles. The van der Waals surface area contributed by atoms with Crippen LogP contribution in [0.3, 0.4) is 0 Å². The summed E-state index contributed by atoms with van der Waals surface area (Å²) in [5, 5.41) is 34.1. The molecule has 24 heteroatoms. The molecule has 6 N–H and O–H groups in total. The molecule has 1 aliphatic rings. The maximum absolute atomic E-state index is 15.2. The van der Waals surface area contributed by atoms with Crippen molar-refractivity contribution in [3.63, 3.8) is 0 Å². The molecule has 1 heterocycles. The number of aliphatic hydroxyl groups is 2. The number of amides is 11. The Hall–Kier alpha value is -6.17. The monoisotopic (exact) mass is 1230 g/mol. The molecule has 0 spiro atoms. The fourth-order valence-corrected chi connectivity index (χ4v) is 10.9. The Bertz CT molecular complexity index is 2380. The van der Waals surface area contributed by atoms with Gasteiger partial charge in [0.25, 0.3) is 0 Å². The van der Waals surface area contributed by atoms with Gasteiger partial charge in [0, 0.05) is 49.3 Å². The number of carbonyl (C=O) groups is 11. The number of carbonyl (C=O) groups excluding carboxylic acids is 11. The third-order valence-electron chi connectivity index (χ3n) is 16.6. The summed E-state index contributed by atoms with van der Waals surface area (Å²) in [6, 6.07) is -13.2. The Morgan fingerprint density at radius 2 is 0.862 bits per heavy atom. The number of hydrogen-bond acceptors (Lipinski definition) is 13. The molecule has 1 rings (SSSR count). The largest absolute Gasteiger partial charge is 0.391 e. The highest BCUT2D eigenvalue weighted by molar-refractivity contribution is 5.99. The predicted molar refractivity (Wildman–Crippen MR) is 334 cm³/mol. The molecule has 0 aromatic heterocycles. The van der Waals surface area contributed by atoms with Crippen molar-refractivity contribution in [1.29, 1.82) is 0 Å². The van der Waals surface area contributed by atoms with E-state index in [0.717, 1.165) is 14.7 Å². The average molecular weight is 1230 g/mol. The highest BCUT2D eigenvalue weighted by Crippen LogP contribution is 2.26. The molecule has 11 amide bonds. The Balaban J connectivity index is 4.39. The van der Waals surface area contributed by atoms with Crippen LogP contribution in [0.4, 0.5) is 0 Å². The third-order valence-corrected chi connectivity index (χ3v) is 16.6. The van der Waals surface area contributed by atoms with E-state index in [1.807, 2.05) is 62.3 Å². The molecule has 0 radical (unpaired) electrons. The second kappa shape index (κ2) is 35.7. The number of nitrogens with zero attached hydrogens (tertiary/aromatic N) is 7. The van der Waals surface area contributed by atoms with E-state index in [2.05, 4.69) is 21.3 Å². The zero-order valence-electron chi connectivity index (χ0n) is 57.1. The number of aliphatic hydroxyl groups excluding tert-OH is 2. The summed E-state index contributed by atoms with van der Waals surface area (Å²) >= 11 is 0. The van der Waals surface area contributed by atoms with E-state index in [-0.39, 0.29) is 55.8 Å². The molecule has 87 heavy (non-hydrogen) atoms. The van der Waals surface area contributed by atoms with Crippen molar-refractivity contribution in [2.45, 2.75) is 229 Å². The molecular formula is C63H113N11O13. The lowest BCUT2D eigenvalue weighted by Gasteiger charge is -2.41. The van der Waals surface area contributed by atoms with Crippen molar-refractivity contribution in [3.05, 3.63) is 12.2 Å². The number of likely N-dealkylation sites (N-methyl/N-ethyl adjacent to an activating group) is 7. The van der Waals surface area contributed by atoms with Crippen molar-refractivity contribution < 1.29 is 63.0 Å². The molecule has 0 bridgehead atoms. The highest BCUT2D eigenvalue weighted by Gasteiger charge is 2.46. The van der Waals surface area contributed by atoms with Crippen LogP contribution in [0.5, 0.6) is 0 Å². The molecule has 1 fully saturated rings. The van der Waals surface area contributed by atoms with E-state index < -0.39 is 162 Å². The zero-order chi connectivity index (χ0) is 67.6. The maximum Gasteiger partial charge on any atom is 0.248 e. The van der Waals surface area contributed by atoms with Crippen LogP contribution in [0, 0.1) is 41.4 Å². The highest BCUT2D eigenvalue weighted by atomic mass is 16.3. The summed E-state index contributed by atoms with van der Waals surface area (Å²) in [5.41, 5.74) is 0. The van der Waals surface area contributed by atoms with Gasteiger partial charge in [0.15, 0.2) is 0 Å². The van der Waals surface area contributed by atoms with Crippen LogP contribution in [0.25, 0.3) is 0 Å². The molecule has 498 valence electrons. The average Bonchev–Trinajstić information content (AvgIpc) is 3.50. The van der Waals surface area contributed by atoms with E-state index in [4.69, 9.17) is 0 Å². The lowest BCUT2D eigenvalue weighted by atomic mass is 9.91. The minimum absolute atomic E-state index is 0.116. The summed E-state index contributed by atoms with van der Waals surface area (Å²) in [6.45, 7) is 28.7. The van der Waals surface area contributed by atoms with Gasteiger partial charge in [0.1, 0.15) is 60.4 Å². The van der Waals surface area contributed by atoms with Gasteiger partial charge in [-0.2, -0.15) is 0 Å². The molecule has 0 aromatic carbocycles. The van der Waals surface area contributed by atoms with Crippen LogP contribution in [-0.4, -0.2) is 238 Å². The minimum atomic E-state index is -1.74. The van der Waals surface area contributed by atoms with Crippen LogP contribution in [0.1, 0.15) is 156 Å². The first-order valence-electron chi connectivity index (χ1n) is 31.2. The Morgan fingerprint density at radius 1 is 0.460 bits per heavy atom. The molecule has 1 aliphatic heterocycles. The molecule has 2 unspecified atom stereocenters. The van der Waals surface area contributed by atoms with Crippen molar-refractivity contribution in [3.8, 4) is 0 Å². The fraction of sp³-hybridized carbons (Fsp3) is 0.794. The van der Waals surface area contributed by atoms with Gasteiger partial charge in [-0.15, -0.1) is 0 Å². The van der Waals surface area contributed by atoms with E-state index in [9.17, 15) is 53.4 Å². The van der Waals surface area contributed by atoms with Gasteiger partial charge >= 0.3 is 0 Å². The third kappa shape index (κ3) is 22.1. The standard InChI is InChI=1S/C63H113N11O13/c1-25-27-28-40(14)53(77)52-57(81)67-50(43(17)75)61(85)68(18)33-48(76)69(19)44(29-34(3)4)56(80)66-49(39(13)26-2)62(86)70(20)45(30-35(5)6)55(79)64-41(15)54(78)65-42(16)58(82)71(21)46(31-36(7)8)59(83)72(22)47(32-37(9)10)60(84)73(23)51(38(11)12)63(87)74(52)24/h25,27,34-47,49-53,75,77H,26,28-33H2,1-24H3,(H,64,79)(H,65,78)(H,66,80)(H,67,81)/b27-25+/t39?,40-,41+,42-,43-,44+,45+,46+,47+,49+,50?,51+,52+,53-/m1/s1. The maximum atomic E-state index is 15.2. The predicted octanol–water partition coefficient (Wildman–Crippen LogP) is 2.63. The second-order valence-corrected chi connectivity index (χ2v) is 26.5. The first-order valence-corrected chi connectivity index (χ1v) is 31.2. The molecule has 0 saturated carbocycles. The number of allylic oxidation sites excluding steroid dienone is 2. The van der Waals surface area contributed by atoms with Gasteiger partial charge in [-0.3, -0.25) is 52.7 Å². The van der Waals surface area contributed by atoms with Gasteiger partial charge in [-0.05, 0) is 101 Å². The van der Waals surface area contributed by atoms with Gasteiger partial charge in [-0.25, -0.2) is 0 Å². The zero-order valence-corrected chi connectivity index (χ0v) is 57.1. The smallest absolute Gasteiger partial charge is 0.248 e. The second-order valence-electron chi connectivity index (χ2n) is 26.5. The summed E-state index contributed by atoms with van der Waals surface area (Å²) in [6.07, 6.45) is 1.52. The Labute approximate surface area is 520 Å². The number of hydrogen-bond donors (Lipinski definition) is 6. The summed E-state index contributed by atoms with van der Waals surface area (Å²) in [7, 11) is 9.66. The SMILES string of the molecule is C/C=C/C[C@@H](C)[C@@H](O)[C@H]1C(=O)NC([C@@H](C)O)C(=O)N(C)CC(=O)N(C)[C@@H](CC(C)C)C(=O)N[C@@H](C(C)CC)C(=O)N(C)[C@@H](CC(C)C)C(=O)N[C@@H](C)C(=O)N[C@H](C)C(=O)N(C)[C@@H](CC(C)C)C(=O)N(C)[C@@H](CC(C)C)C(=O)N(C)[C@@H](C(C)C)C(=O)N1C. The van der Waals surface area contributed by atoms with Crippen LogP contribution >= 0.6 is 0 Å². The lowest BCUT2D eigenvalue weighted by molar-refractivity contribution is -0.157. The van der Waals surface area contributed by atoms with E-state index in [0.29, 0.717) is 6.42 Å². The number of rotatable bonds is 16. The van der Waals surface area contributed by atoms with Crippen molar-refractivity contribution in [2.24, 2.45) is 41.4 Å². The summed E-state index contributed by atoms with van der Waals surface area (Å²) < 4.78 is 0. The molecule has 0 aliphatic carbocycles. The van der Waals surface area contributed by atoms with E-state index >= 15 is 9.59 Å². The topological polar surface area (TPSA) is 299 Å². The summed E-state index contributed by atoms with van der Waals surface area (Å²) in [4.78, 5) is 169. The van der Waals surface area contributed by atoms with Gasteiger partial charge < -0.3 is 65.8 Å². The number of nitrogens with one attached hydrogen (secondary N) is 4. The quantitative estimate of drug-likeness (QED) is 0.121. The van der Waals surface area contributed by atoms with Crippen LogP contribution in [-0.2, 0) is 52.7 Å². The minimum Gasteiger partial charge on any atom is -0.391 e. The molecule has 0 aromatic rings. The van der Waals surface area contributed by atoms with Crippen molar-refractivity contribution in [1.82, 2.24) is 55.6 Å². The van der Waals surface area contributed by atoms with Crippen molar-refractivity contribution >= 4 is 65.0 Å². The first kappa shape index (κ1) is 78.8. The van der Waals surface area contributed by atoms with Gasteiger partial charge in [0.05, 0.1) is 18.8 Å². The van der Waals surface area contributed by atoms with E-state index in [1.165, 1.54) is 89.7 Å². The van der Waals surface area contributed by atoms with E-state index in [1.54, 1.807) is 46.8 Å². The van der Waals surface area contributed by atoms with Crippen LogP contribution in [0.15, 0.2) is 12.2 Å². The molecular weight excluding hydrogens is 1120 g/mol. The van der Waals surface area contributed by atoms with Crippen LogP contribution < -0.4 is 21.3 Å². The van der Waals surface area contributed by atoms with Crippen LogP contribution in [0.2, 0.25) is 0 Å². The molecule has 14 atom stereocenters. The lowest BCUT2D eigenvalue weighted by Crippen LogP contribution is -2.64. The van der Waals surface area contributed by atoms with Gasteiger partial charge in [-0.1, -0.05) is 109 Å². The fourth-order valence-electron chi connectivity index (χ4n) is 10.9.